The maximum atomic E-state index is 12.9. The summed E-state index contributed by atoms with van der Waals surface area (Å²) in [6.07, 6.45) is 2.37. The van der Waals surface area contributed by atoms with E-state index in [9.17, 15) is 14.4 Å². The number of rotatable bonds is 4. The Labute approximate surface area is 165 Å². The van der Waals surface area contributed by atoms with Crippen LogP contribution in [0.15, 0.2) is 65.6 Å². The molecule has 2 aromatic heterocycles. The highest BCUT2D eigenvalue weighted by Gasteiger charge is 2.18. The Hall–Kier alpha value is -3.87. The van der Waals surface area contributed by atoms with Gasteiger partial charge in [0.1, 0.15) is 0 Å². The Bertz CT molecular complexity index is 1290. The summed E-state index contributed by atoms with van der Waals surface area (Å²) in [5, 5.41) is 3.94. The van der Waals surface area contributed by atoms with Crippen LogP contribution in [-0.4, -0.2) is 28.1 Å². The number of para-hydroxylation sites is 1. The fourth-order valence-corrected chi connectivity index (χ4v) is 3.25. The molecule has 4 rings (SSSR count). The number of aromatic amines is 1. The lowest BCUT2D eigenvalue weighted by atomic mass is 10.1. The van der Waals surface area contributed by atoms with Gasteiger partial charge in [0.05, 0.1) is 11.1 Å². The van der Waals surface area contributed by atoms with Gasteiger partial charge in [0.15, 0.2) is 5.75 Å². The van der Waals surface area contributed by atoms with E-state index in [4.69, 9.17) is 4.74 Å². The maximum Gasteiger partial charge on any atom is 0.344 e. The van der Waals surface area contributed by atoms with Gasteiger partial charge >= 0.3 is 12.0 Å². The number of carbonyl (C=O) groups excluding carboxylic acids is 2. The largest absolute Gasteiger partial charge is 0.421 e. The van der Waals surface area contributed by atoms with Gasteiger partial charge in [-0.1, -0.05) is 25.1 Å². The third-order valence-corrected chi connectivity index (χ3v) is 4.64. The van der Waals surface area contributed by atoms with Crippen molar-refractivity contribution in [2.75, 3.05) is 6.54 Å². The number of aromatic nitrogens is 2. The minimum atomic E-state index is -0.570. The molecule has 2 heterocycles. The molecule has 29 heavy (non-hydrogen) atoms. The highest BCUT2D eigenvalue weighted by molar-refractivity contribution is 6.06. The number of benzene rings is 2. The van der Waals surface area contributed by atoms with Crippen LogP contribution in [0.3, 0.4) is 0 Å². The van der Waals surface area contributed by atoms with Crippen LogP contribution in [0.2, 0.25) is 0 Å². The Morgan fingerprint density at radius 1 is 1.03 bits per heavy atom. The summed E-state index contributed by atoms with van der Waals surface area (Å²) in [4.78, 5) is 40.7. The summed E-state index contributed by atoms with van der Waals surface area (Å²) in [7, 11) is 0. The number of H-pyrrole nitrogens is 1. The van der Waals surface area contributed by atoms with Crippen molar-refractivity contribution in [1.82, 2.24) is 14.9 Å². The lowest BCUT2D eigenvalue weighted by Gasteiger charge is -2.12. The molecule has 0 fully saturated rings. The lowest BCUT2D eigenvalue weighted by molar-refractivity contribution is 0.0739. The number of hydrogen-bond donors (Lipinski definition) is 2. The monoisotopic (exact) mass is 389 g/mol. The standard InChI is InChI=1S/C22H19N3O4/c1-2-12-23-22(28)25-18-9-5-7-15(14(18)10-11-20(25)26)21(27)29-19-13-24-17-8-4-3-6-16(17)19/h3-11,13,24H,2,12H2,1H3,(H,23,28). The zero-order chi connectivity index (χ0) is 20.4. The highest BCUT2D eigenvalue weighted by Crippen LogP contribution is 2.27. The van der Waals surface area contributed by atoms with E-state index in [2.05, 4.69) is 10.3 Å². The quantitative estimate of drug-likeness (QED) is 0.521. The van der Waals surface area contributed by atoms with Gasteiger partial charge in [-0.2, -0.15) is 0 Å². The molecule has 2 aromatic carbocycles. The normalized spacial score (nSPS) is 10.9. The number of pyridine rings is 1. The molecule has 146 valence electrons. The molecule has 7 heteroatoms. The molecular formula is C22H19N3O4. The van der Waals surface area contributed by atoms with Gasteiger partial charge in [-0.15, -0.1) is 0 Å². The summed E-state index contributed by atoms with van der Waals surface area (Å²) < 4.78 is 6.63. The second-order valence-electron chi connectivity index (χ2n) is 6.57. The lowest BCUT2D eigenvalue weighted by Crippen LogP contribution is -2.36. The second kappa shape index (κ2) is 7.63. The van der Waals surface area contributed by atoms with Crippen molar-refractivity contribution >= 4 is 33.8 Å². The topological polar surface area (TPSA) is 93.2 Å². The minimum absolute atomic E-state index is 0.268. The average molecular weight is 389 g/mol. The molecule has 4 aromatic rings. The third-order valence-electron chi connectivity index (χ3n) is 4.64. The Morgan fingerprint density at radius 2 is 1.86 bits per heavy atom. The summed E-state index contributed by atoms with van der Waals surface area (Å²) in [6, 6.07) is 14.6. The zero-order valence-electron chi connectivity index (χ0n) is 15.8. The molecule has 0 saturated carbocycles. The van der Waals surface area contributed by atoms with E-state index < -0.39 is 17.6 Å². The number of fused-ring (bicyclic) bond motifs is 2. The molecule has 0 aliphatic rings. The molecule has 0 atom stereocenters. The van der Waals surface area contributed by atoms with Crippen LogP contribution in [0.5, 0.6) is 5.75 Å². The van der Waals surface area contributed by atoms with Crippen molar-refractivity contribution in [2.45, 2.75) is 13.3 Å². The van der Waals surface area contributed by atoms with Crippen LogP contribution < -0.4 is 15.6 Å². The molecule has 0 saturated heterocycles. The molecule has 0 aliphatic heterocycles. The van der Waals surface area contributed by atoms with E-state index in [1.165, 1.54) is 12.1 Å². The predicted octanol–water partition coefficient (Wildman–Crippen LogP) is 3.67. The highest BCUT2D eigenvalue weighted by atomic mass is 16.5. The number of ether oxygens (including phenoxy) is 1. The first kappa shape index (κ1) is 18.5. The molecule has 7 nitrogen and oxygen atoms in total. The van der Waals surface area contributed by atoms with Crippen LogP contribution >= 0.6 is 0 Å². The molecule has 1 amide bonds. The van der Waals surface area contributed by atoms with Crippen LogP contribution in [0.4, 0.5) is 4.79 Å². The number of esters is 1. The van der Waals surface area contributed by atoms with Crippen LogP contribution in [0.1, 0.15) is 23.7 Å². The third kappa shape index (κ3) is 3.38. The van der Waals surface area contributed by atoms with Gasteiger partial charge in [-0.3, -0.25) is 4.79 Å². The van der Waals surface area contributed by atoms with Crippen molar-refractivity contribution in [3.8, 4) is 5.75 Å². The van der Waals surface area contributed by atoms with E-state index >= 15 is 0 Å². The Kier molecular flexibility index (Phi) is 4.87. The van der Waals surface area contributed by atoms with Gasteiger partial charge in [0.25, 0.3) is 5.56 Å². The maximum absolute atomic E-state index is 12.9. The van der Waals surface area contributed by atoms with E-state index in [0.29, 0.717) is 23.2 Å². The van der Waals surface area contributed by atoms with Crippen LogP contribution in [0, 0.1) is 0 Å². The smallest absolute Gasteiger partial charge is 0.344 e. The molecular weight excluding hydrogens is 370 g/mol. The fraction of sp³-hybridized carbons (Fsp3) is 0.136. The zero-order valence-corrected chi connectivity index (χ0v) is 15.8. The summed E-state index contributed by atoms with van der Waals surface area (Å²) in [5.41, 5.74) is 1.01. The van der Waals surface area contributed by atoms with E-state index in [-0.39, 0.29) is 5.56 Å². The number of hydrogen-bond acceptors (Lipinski definition) is 4. The summed E-state index contributed by atoms with van der Waals surface area (Å²) in [6.45, 7) is 2.37. The van der Waals surface area contributed by atoms with Crippen molar-refractivity contribution < 1.29 is 14.3 Å². The van der Waals surface area contributed by atoms with Crippen molar-refractivity contribution in [1.29, 1.82) is 0 Å². The molecule has 0 bridgehead atoms. The van der Waals surface area contributed by atoms with Gasteiger partial charge < -0.3 is 15.0 Å². The molecule has 2 N–H and O–H groups in total. The number of nitrogens with one attached hydrogen (secondary N) is 2. The number of nitrogens with zero attached hydrogens (tertiary/aromatic N) is 1. The summed E-state index contributed by atoms with van der Waals surface area (Å²) >= 11 is 0. The first-order valence-corrected chi connectivity index (χ1v) is 9.31. The molecule has 0 radical (unpaired) electrons. The van der Waals surface area contributed by atoms with Crippen molar-refractivity contribution in [3.63, 3.8) is 0 Å². The summed E-state index contributed by atoms with van der Waals surface area (Å²) in [5.74, 6) is -0.156. The molecule has 0 spiro atoms. The van der Waals surface area contributed by atoms with Gasteiger partial charge in [0.2, 0.25) is 0 Å². The van der Waals surface area contributed by atoms with E-state index in [1.807, 2.05) is 31.2 Å². The van der Waals surface area contributed by atoms with Crippen molar-refractivity contribution in [3.05, 3.63) is 76.7 Å². The van der Waals surface area contributed by atoms with E-state index in [1.54, 1.807) is 24.4 Å². The van der Waals surface area contributed by atoms with Gasteiger partial charge in [-0.25, -0.2) is 14.2 Å². The molecule has 0 aliphatic carbocycles. The average Bonchev–Trinajstić information content (AvgIpc) is 3.14. The number of amides is 1. The SMILES string of the molecule is CCCNC(=O)n1c(=O)ccc2c(C(=O)Oc3c[nH]c4ccccc34)cccc21. The fourth-order valence-electron chi connectivity index (χ4n) is 3.25. The van der Waals surface area contributed by atoms with Crippen LogP contribution in [0.25, 0.3) is 21.8 Å². The first-order valence-electron chi connectivity index (χ1n) is 9.31. The Balaban J connectivity index is 1.75. The van der Waals surface area contributed by atoms with E-state index in [0.717, 1.165) is 21.9 Å². The minimum Gasteiger partial charge on any atom is -0.421 e. The van der Waals surface area contributed by atoms with Gasteiger partial charge in [-0.05, 0) is 36.8 Å². The number of carbonyl (C=O) groups is 2. The first-order chi connectivity index (χ1) is 14.1. The van der Waals surface area contributed by atoms with Gasteiger partial charge in [0, 0.05) is 35.1 Å². The Morgan fingerprint density at radius 3 is 2.69 bits per heavy atom. The van der Waals surface area contributed by atoms with Crippen molar-refractivity contribution in [2.24, 2.45) is 0 Å². The second-order valence-corrected chi connectivity index (χ2v) is 6.57. The molecule has 0 unspecified atom stereocenters. The van der Waals surface area contributed by atoms with Crippen LogP contribution in [-0.2, 0) is 0 Å². The predicted molar refractivity (Wildman–Crippen MR) is 111 cm³/mol.